The number of aryl methyl sites for hydroxylation is 1. The SMILES string of the molecule is C[C@@H]1CCc2ccccc2N1Cc1nnc(C(=O)Nc2ccc(Cl)cc2)s1. The van der Waals surface area contributed by atoms with E-state index in [1.165, 1.54) is 22.6 Å². The number of hydrogen-bond donors (Lipinski definition) is 1. The number of halogens is 1. The molecule has 7 heteroatoms. The molecule has 0 radical (unpaired) electrons. The van der Waals surface area contributed by atoms with Crippen molar-refractivity contribution in [3.63, 3.8) is 0 Å². The summed E-state index contributed by atoms with van der Waals surface area (Å²) in [6.45, 7) is 2.88. The highest BCUT2D eigenvalue weighted by Crippen LogP contribution is 2.32. The van der Waals surface area contributed by atoms with Crippen molar-refractivity contribution in [1.82, 2.24) is 10.2 Å². The van der Waals surface area contributed by atoms with E-state index in [0.717, 1.165) is 17.8 Å². The summed E-state index contributed by atoms with van der Waals surface area (Å²) >= 11 is 7.20. The van der Waals surface area contributed by atoms with Crippen LogP contribution in [0.2, 0.25) is 5.02 Å². The van der Waals surface area contributed by atoms with Crippen LogP contribution in [-0.2, 0) is 13.0 Å². The molecule has 0 unspecified atom stereocenters. The van der Waals surface area contributed by atoms with E-state index in [9.17, 15) is 4.79 Å². The van der Waals surface area contributed by atoms with Crippen molar-refractivity contribution >= 4 is 40.2 Å². The summed E-state index contributed by atoms with van der Waals surface area (Å²) in [5.74, 6) is -0.256. The van der Waals surface area contributed by atoms with Crippen LogP contribution < -0.4 is 10.2 Å². The van der Waals surface area contributed by atoms with Gasteiger partial charge in [0.25, 0.3) is 5.91 Å². The Morgan fingerprint density at radius 3 is 2.81 bits per heavy atom. The topological polar surface area (TPSA) is 58.1 Å². The van der Waals surface area contributed by atoms with Crippen LogP contribution in [-0.4, -0.2) is 22.1 Å². The van der Waals surface area contributed by atoms with Crippen molar-refractivity contribution in [3.05, 3.63) is 69.1 Å². The molecule has 5 nitrogen and oxygen atoms in total. The molecule has 0 bridgehead atoms. The highest BCUT2D eigenvalue weighted by molar-refractivity contribution is 7.13. The number of para-hydroxylation sites is 1. The zero-order valence-corrected chi connectivity index (χ0v) is 16.4. The van der Waals surface area contributed by atoms with Crippen molar-refractivity contribution < 1.29 is 4.79 Å². The normalized spacial score (nSPS) is 16.1. The number of benzene rings is 2. The number of carbonyl (C=O) groups is 1. The first-order valence-corrected chi connectivity index (χ1v) is 10.0. The maximum absolute atomic E-state index is 12.4. The molecule has 1 aromatic heterocycles. The quantitative estimate of drug-likeness (QED) is 0.686. The van der Waals surface area contributed by atoms with Crippen molar-refractivity contribution in [2.24, 2.45) is 0 Å². The molecule has 3 aromatic rings. The van der Waals surface area contributed by atoms with Crippen molar-refractivity contribution in [2.75, 3.05) is 10.2 Å². The molecule has 1 atom stereocenters. The Labute approximate surface area is 167 Å². The van der Waals surface area contributed by atoms with Gasteiger partial charge < -0.3 is 10.2 Å². The number of nitrogens with one attached hydrogen (secondary N) is 1. The van der Waals surface area contributed by atoms with Gasteiger partial charge in [0.1, 0.15) is 5.01 Å². The van der Waals surface area contributed by atoms with Gasteiger partial charge in [-0.05, 0) is 55.7 Å². The second-order valence-electron chi connectivity index (χ2n) is 6.61. The van der Waals surface area contributed by atoms with Crippen LogP contribution in [0.1, 0.15) is 33.7 Å². The molecule has 0 aliphatic carbocycles. The van der Waals surface area contributed by atoms with Crippen molar-refractivity contribution in [2.45, 2.75) is 32.4 Å². The minimum atomic E-state index is -0.256. The largest absolute Gasteiger partial charge is 0.362 e. The van der Waals surface area contributed by atoms with Crippen LogP contribution in [0, 0.1) is 0 Å². The van der Waals surface area contributed by atoms with Gasteiger partial charge in [-0.25, -0.2) is 0 Å². The molecule has 27 heavy (non-hydrogen) atoms. The number of nitrogens with zero attached hydrogens (tertiary/aromatic N) is 3. The van der Waals surface area contributed by atoms with Gasteiger partial charge in [0.2, 0.25) is 5.01 Å². The summed E-state index contributed by atoms with van der Waals surface area (Å²) in [4.78, 5) is 14.8. The molecule has 1 aliphatic rings. The molecule has 2 aromatic carbocycles. The third-order valence-corrected chi connectivity index (χ3v) is 5.89. The van der Waals surface area contributed by atoms with E-state index in [-0.39, 0.29) is 5.91 Å². The number of rotatable bonds is 4. The predicted molar refractivity (Wildman–Crippen MR) is 110 cm³/mol. The van der Waals surface area contributed by atoms with Crippen LogP contribution >= 0.6 is 22.9 Å². The molecule has 0 saturated carbocycles. The second kappa shape index (κ2) is 7.66. The number of hydrogen-bond acceptors (Lipinski definition) is 5. The molecule has 0 spiro atoms. The first kappa shape index (κ1) is 17.9. The zero-order chi connectivity index (χ0) is 18.8. The maximum Gasteiger partial charge on any atom is 0.286 e. The number of amides is 1. The van der Waals surface area contributed by atoms with Crippen LogP contribution in [0.4, 0.5) is 11.4 Å². The molecular weight excluding hydrogens is 380 g/mol. The summed E-state index contributed by atoms with van der Waals surface area (Å²) < 4.78 is 0. The minimum Gasteiger partial charge on any atom is -0.362 e. The number of carbonyl (C=O) groups excluding carboxylic acids is 1. The van der Waals surface area contributed by atoms with Gasteiger partial charge in [0.15, 0.2) is 0 Å². The summed E-state index contributed by atoms with van der Waals surface area (Å²) in [7, 11) is 0. The van der Waals surface area contributed by atoms with E-state index >= 15 is 0 Å². The van der Waals surface area contributed by atoms with Crippen LogP contribution in [0.3, 0.4) is 0 Å². The Morgan fingerprint density at radius 1 is 1.22 bits per heavy atom. The molecule has 1 amide bonds. The van der Waals surface area contributed by atoms with Gasteiger partial charge in [-0.1, -0.05) is 41.1 Å². The molecular formula is C20H19ClN4OS. The summed E-state index contributed by atoms with van der Waals surface area (Å²) in [6.07, 6.45) is 2.21. The van der Waals surface area contributed by atoms with E-state index < -0.39 is 0 Å². The van der Waals surface area contributed by atoms with Crippen LogP contribution in [0.15, 0.2) is 48.5 Å². The summed E-state index contributed by atoms with van der Waals surface area (Å²) in [6, 6.07) is 15.9. The Hall–Kier alpha value is -2.44. The third-order valence-electron chi connectivity index (χ3n) is 4.73. The van der Waals surface area contributed by atoms with E-state index in [1.807, 2.05) is 0 Å². The maximum atomic E-state index is 12.4. The van der Waals surface area contributed by atoms with E-state index in [2.05, 4.69) is 51.6 Å². The lowest BCUT2D eigenvalue weighted by atomic mass is 9.97. The molecule has 0 fully saturated rings. The lowest BCUT2D eigenvalue weighted by Gasteiger charge is -2.36. The number of aromatic nitrogens is 2. The smallest absolute Gasteiger partial charge is 0.286 e. The van der Waals surface area contributed by atoms with E-state index in [1.54, 1.807) is 24.3 Å². The van der Waals surface area contributed by atoms with Gasteiger partial charge in [0, 0.05) is 22.4 Å². The zero-order valence-electron chi connectivity index (χ0n) is 14.9. The average molecular weight is 399 g/mol. The third kappa shape index (κ3) is 3.96. The Morgan fingerprint density at radius 2 is 2.00 bits per heavy atom. The van der Waals surface area contributed by atoms with Gasteiger partial charge in [-0.15, -0.1) is 10.2 Å². The molecule has 2 heterocycles. The number of anilines is 2. The molecule has 0 saturated heterocycles. The lowest BCUT2D eigenvalue weighted by molar-refractivity contribution is 0.102. The molecule has 1 aliphatic heterocycles. The lowest BCUT2D eigenvalue weighted by Crippen LogP contribution is -2.36. The summed E-state index contributed by atoms with van der Waals surface area (Å²) in [5.41, 5.74) is 3.29. The fourth-order valence-corrected chi connectivity index (χ4v) is 4.13. The fourth-order valence-electron chi connectivity index (χ4n) is 3.27. The van der Waals surface area contributed by atoms with Crippen molar-refractivity contribution in [1.29, 1.82) is 0 Å². The molecule has 4 rings (SSSR count). The van der Waals surface area contributed by atoms with Gasteiger partial charge in [-0.2, -0.15) is 0 Å². The van der Waals surface area contributed by atoms with Gasteiger partial charge in [0.05, 0.1) is 6.54 Å². The minimum absolute atomic E-state index is 0.256. The Kier molecular flexibility index (Phi) is 5.09. The van der Waals surface area contributed by atoms with Gasteiger partial charge in [-0.3, -0.25) is 4.79 Å². The Balaban J connectivity index is 1.48. The van der Waals surface area contributed by atoms with E-state index in [0.29, 0.717) is 28.3 Å². The predicted octanol–water partition coefficient (Wildman–Crippen LogP) is 4.79. The fraction of sp³-hybridized carbons (Fsp3) is 0.250. The average Bonchev–Trinajstić information content (AvgIpc) is 3.15. The Bertz CT molecular complexity index is 957. The standard InChI is InChI=1S/C20H19ClN4OS/c1-13-6-7-14-4-2-3-5-17(14)25(13)12-18-23-24-20(27-18)19(26)22-16-10-8-15(21)9-11-16/h2-5,8-11,13H,6-7,12H2,1H3,(H,22,26)/t13-/m1/s1. The van der Waals surface area contributed by atoms with Crippen molar-refractivity contribution in [3.8, 4) is 0 Å². The number of fused-ring (bicyclic) bond motifs is 1. The van der Waals surface area contributed by atoms with Crippen LogP contribution in [0.25, 0.3) is 0 Å². The van der Waals surface area contributed by atoms with Crippen LogP contribution in [0.5, 0.6) is 0 Å². The first-order chi connectivity index (χ1) is 13.1. The first-order valence-electron chi connectivity index (χ1n) is 8.84. The molecule has 138 valence electrons. The highest BCUT2D eigenvalue weighted by atomic mass is 35.5. The molecule has 1 N–H and O–H groups in total. The summed E-state index contributed by atoms with van der Waals surface area (Å²) in [5, 5.41) is 13.0. The van der Waals surface area contributed by atoms with E-state index in [4.69, 9.17) is 11.6 Å². The highest BCUT2D eigenvalue weighted by Gasteiger charge is 2.24. The second-order valence-corrected chi connectivity index (χ2v) is 8.10. The van der Waals surface area contributed by atoms with Gasteiger partial charge >= 0.3 is 0 Å². The monoisotopic (exact) mass is 398 g/mol.